The van der Waals surface area contributed by atoms with E-state index in [0.717, 1.165) is 5.56 Å². The topological polar surface area (TPSA) is 57.2 Å². The standard InChI is InChI=1S/C10H14O3S.Na/c1-9-4-6-10(7-5-9)3-2-8-14(11,12)13;/h4-7H,2-3,8H2,1H3,(H,11,12,13);/q;+1/p-1. The Balaban J connectivity index is 0.00000196. The van der Waals surface area contributed by atoms with Gasteiger partial charge in [0.1, 0.15) is 0 Å². The van der Waals surface area contributed by atoms with Crippen molar-refractivity contribution in [1.29, 1.82) is 0 Å². The van der Waals surface area contributed by atoms with Crippen LogP contribution >= 0.6 is 0 Å². The summed E-state index contributed by atoms with van der Waals surface area (Å²) >= 11 is 0. The molecule has 0 fully saturated rings. The predicted molar refractivity (Wildman–Crippen MR) is 54.1 cm³/mol. The van der Waals surface area contributed by atoms with E-state index in [1.807, 2.05) is 31.2 Å². The molecule has 0 amide bonds. The van der Waals surface area contributed by atoms with Crippen molar-refractivity contribution in [3.8, 4) is 0 Å². The first kappa shape index (κ1) is 15.1. The smallest absolute Gasteiger partial charge is 0.748 e. The quantitative estimate of drug-likeness (QED) is 0.471. The van der Waals surface area contributed by atoms with Crippen LogP contribution in [-0.4, -0.2) is 18.7 Å². The van der Waals surface area contributed by atoms with E-state index in [9.17, 15) is 13.0 Å². The Hall–Kier alpha value is 0.130. The van der Waals surface area contributed by atoms with Crippen molar-refractivity contribution < 1.29 is 42.5 Å². The number of rotatable bonds is 4. The maximum absolute atomic E-state index is 10.3. The summed E-state index contributed by atoms with van der Waals surface area (Å²) in [6.45, 7) is 1.99. The van der Waals surface area contributed by atoms with E-state index in [4.69, 9.17) is 0 Å². The second-order valence-corrected chi connectivity index (χ2v) is 4.87. The van der Waals surface area contributed by atoms with E-state index in [0.29, 0.717) is 12.8 Å². The Bertz CT molecular complexity index is 384. The fourth-order valence-corrected chi connectivity index (χ4v) is 1.71. The molecule has 0 saturated carbocycles. The SMILES string of the molecule is Cc1ccc(CCCS(=O)(=O)[O-])cc1.[Na+]. The summed E-state index contributed by atoms with van der Waals surface area (Å²) in [5, 5.41) is 0. The minimum atomic E-state index is -4.05. The van der Waals surface area contributed by atoms with Crippen LogP contribution in [0.2, 0.25) is 0 Å². The van der Waals surface area contributed by atoms with Crippen LogP contribution < -0.4 is 29.6 Å². The molecule has 0 bridgehead atoms. The molecule has 1 aromatic rings. The molecule has 0 radical (unpaired) electrons. The molecular weight excluding hydrogens is 223 g/mol. The number of aryl methyl sites for hydroxylation is 2. The minimum absolute atomic E-state index is 0. The van der Waals surface area contributed by atoms with Gasteiger partial charge in [0.15, 0.2) is 0 Å². The van der Waals surface area contributed by atoms with Gasteiger partial charge in [-0.05, 0) is 25.3 Å². The van der Waals surface area contributed by atoms with Crippen LogP contribution in [-0.2, 0) is 16.5 Å². The zero-order valence-electron chi connectivity index (χ0n) is 9.06. The number of hydrogen-bond acceptors (Lipinski definition) is 3. The Morgan fingerprint density at radius 2 is 1.73 bits per heavy atom. The summed E-state index contributed by atoms with van der Waals surface area (Å²) in [6.07, 6.45) is 1.04. The molecule has 78 valence electrons. The number of hydrogen-bond donors (Lipinski definition) is 0. The first-order valence-corrected chi connectivity index (χ1v) is 6.04. The van der Waals surface area contributed by atoms with Crippen LogP contribution in [0.25, 0.3) is 0 Å². The van der Waals surface area contributed by atoms with Gasteiger partial charge in [-0.25, -0.2) is 8.42 Å². The molecule has 0 unspecified atom stereocenters. The van der Waals surface area contributed by atoms with Gasteiger partial charge in [0, 0.05) is 5.75 Å². The minimum Gasteiger partial charge on any atom is -0.748 e. The molecular formula is C10H13NaO3S. The third-order valence-electron chi connectivity index (χ3n) is 1.98. The van der Waals surface area contributed by atoms with Crippen molar-refractivity contribution >= 4 is 10.1 Å². The summed E-state index contributed by atoms with van der Waals surface area (Å²) in [4.78, 5) is 0. The second-order valence-electron chi connectivity index (χ2n) is 3.35. The van der Waals surface area contributed by atoms with Crippen LogP contribution in [0, 0.1) is 6.92 Å². The molecule has 0 aliphatic carbocycles. The zero-order valence-corrected chi connectivity index (χ0v) is 11.9. The number of benzene rings is 1. The zero-order chi connectivity index (χ0) is 10.6. The van der Waals surface area contributed by atoms with Crippen LogP contribution in [0.4, 0.5) is 0 Å². The maximum atomic E-state index is 10.3. The largest absolute Gasteiger partial charge is 1.00 e. The molecule has 0 aromatic heterocycles. The Morgan fingerprint density at radius 1 is 1.20 bits per heavy atom. The molecule has 0 aliphatic rings. The monoisotopic (exact) mass is 236 g/mol. The average molecular weight is 236 g/mol. The van der Waals surface area contributed by atoms with Crippen molar-refractivity contribution in [2.45, 2.75) is 19.8 Å². The molecule has 0 spiro atoms. The summed E-state index contributed by atoms with van der Waals surface area (Å²) in [5.74, 6) is -0.277. The fraction of sp³-hybridized carbons (Fsp3) is 0.400. The summed E-state index contributed by atoms with van der Waals surface area (Å²) in [5.41, 5.74) is 2.24. The first-order chi connectivity index (χ1) is 6.47. The van der Waals surface area contributed by atoms with Gasteiger partial charge in [0.25, 0.3) is 0 Å². The second kappa shape index (κ2) is 6.66. The summed E-state index contributed by atoms with van der Waals surface area (Å²) < 4.78 is 31.0. The van der Waals surface area contributed by atoms with Gasteiger partial charge < -0.3 is 4.55 Å². The summed E-state index contributed by atoms with van der Waals surface area (Å²) in [6, 6.07) is 7.85. The van der Waals surface area contributed by atoms with Gasteiger partial charge in [0.2, 0.25) is 0 Å². The normalized spacial score (nSPS) is 10.8. The van der Waals surface area contributed by atoms with E-state index in [1.54, 1.807) is 0 Å². The average Bonchev–Trinajstić information content (AvgIpc) is 2.06. The van der Waals surface area contributed by atoms with Crippen molar-refractivity contribution in [3.63, 3.8) is 0 Å². The van der Waals surface area contributed by atoms with Crippen LogP contribution in [0.3, 0.4) is 0 Å². The van der Waals surface area contributed by atoms with Crippen molar-refractivity contribution in [3.05, 3.63) is 35.4 Å². The third kappa shape index (κ3) is 7.09. The fourth-order valence-electron chi connectivity index (χ4n) is 1.21. The molecule has 0 heterocycles. The molecule has 1 rings (SSSR count). The molecule has 1 aromatic carbocycles. The maximum Gasteiger partial charge on any atom is 1.00 e. The van der Waals surface area contributed by atoms with Gasteiger partial charge in [-0.1, -0.05) is 29.8 Å². The van der Waals surface area contributed by atoms with Crippen molar-refractivity contribution in [1.82, 2.24) is 0 Å². The Kier molecular flexibility index (Phi) is 6.71. The first-order valence-electron chi connectivity index (χ1n) is 4.46. The van der Waals surface area contributed by atoms with E-state index < -0.39 is 10.1 Å². The van der Waals surface area contributed by atoms with Gasteiger partial charge in [-0.2, -0.15) is 0 Å². The Labute approximate surface area is 113 Å². The van der Waals surface area contributed by atoms with Gasteiger partial charge in [-0.15, -0.1) is 0 Å². The molecule has 15 heavy (non-hydrogen) atoms. The van der Waals surface area contributed by atoms with Crippen molar-refractivity contribution in [2.24, 2.45) is 0 Å². The van der Waals surface area contributed by atoms with Crippen LogP contribution in [0.5, 0.6) is 0 Å². The molecule has 0 N–H and O–H groups in total. The van der Waals surface area contributed by atoms with E-state index >= 15 is 0 Å². The third-order valence-corrected chi connectivity index (χ3v) is 2.77. The predicted octanol–water partition coefficient (Wildman–Crippen LogP) is -1.52. The van der Waals surface area contributed by atoms with E-state index in [1.165, 1.54) is 5.56 Å². The molecule has 5 heteroatoms. The van der Waals surface area contributed by atoms with Gasteiger partial charge >= 0.3 is 29.6 Å². The van der Waals surface area contributed by atoms with Crippen molar-refractivity contribution in [2.75, 3.05) is 5.75 Å². The van der Waals surface area contributed by atoms with E-state index in [2.05, 4.69) is 0 Å². The molecule has 0 aliphatic heterocycles. The molecule has 0 atom stereocenters. The van der Waals surface area contributed by atoms with Gasteiger partial charge in [-0.3, -0.25) is 0 Å². The molecule has 0 saturated heterocycles. The van der Waals surface area contributed by atoms with Crippen LogP contribution in [0.15, 0.2) is 24.3 Å². The Morgan fingerprint density at radius 3 is 2.20 bits per heavy atom. The van der Waals surface area contributed by atoms with Crippen LogP contribution in [0.1, 0.15) is 17.5 Å². The summed E-state index contributed by atoms with van der Waals surface area (Å²) in [7, 11) is -4.05. The van der Waals surface area contributed by atoms with Gasteiger partial charge in [0.05, 0.1) is 10.1 Å². The molecule has 3 nitrogen and oxygen atoms in total. The van der Waals surface area contributed by atoms with E-state index in [-0.39, 0.29) is 35.3 Å².